The van der Waals surface area contributed by atoms with Gasteiger partial charge in [0.25, 0.3) is 11.1 Å². The van der Waals surface area contributed by atoms with Gasteiger partial charge in [-0.25, -0.2) is 4.39 Å². The summed E-state index contributed by atoms with van der Waals surface area (Å²) in [6.07, 6.45) is 1.36. The summed E-state index contributed by atoms with van der Waals surface area (Å²) in [6, 6.07) is 15.6. The van der Waals surface area contributed by atoms with Crippen LogP contribution in [0.25, 0.3) is 17.5 Å². The summed E-state index contributed by atoms with van der Waals surface area (Å²) in [5.74, 6) is -0.433. The molecule has 0 atom stereocenters. The maximum atomic E-state index is 13.8. The van der Waals surface area contributed by atoms with Gasteiger partial charge in [-0.3, -0.25) is 19.3 Å². The lowest BCUT2D eigenvalue weighted by Crippen LogP contribution is -2.37. The summed E-state index contributed by atoms with van der Waals surface area (Å²) in [5, 5.41) is 11.2. The van der Waals surface area contributed by atoms with E-state index in [2.05, 4.69) is 15.5 Å². The Morgan fingerprint density at radius 1 is 1.12 bits per heavy atom. The van der Waals surface area contributed by atoms with Crippen LogP contribution in [0.5, 0.6) is 0 Å². The fourth-order valence-electron chi connectivity index (χ4n) is 3.19. The first-order chi connectivity index (χ1) is 16.4. The lowest BCUT2D eigenvalue weighted by molar-refractivity contribution is -0.123. The minimum Gasteiger partial charge on any atom is -0.354 e. The zero-order chi connectivity index (χ0) is 24.1. The summed E-state index contributed by atoms with van der Waals surface area (Å²) in [6.45, 7) is 0.135. The molecule has 11 heteroatoms. The third-order valence-electron chi connectivity index (χ3n) is 4.92. The highest BCUT2D eigenvalue weighted by Gasteiger charge is 2.34. The number of hydrogen-bond acceptors (Lipinski definition) is 7. The minimum absolute atomic E-state index is 0.0256. The second-order valence-corrected chi connectivity index (χ2v) is 9.16. The maximum Gasteiger partial charge on any atom is 0.293 e. The van der Waals surface area contributed by atoms with Crippen molar-refractivity contribution in [2.75, 3.05) is 18.8 Å². The first-order valence-corrected chi connectivity index (χ1v) is 12.1. The molecule has 0 spiro atoms. The number of nitrogens with one attached hydrogen (secondary N) is 1. The molecule has 0 saturated carbocycles. The van der Waals surface area contributed by atoms with E-state index in [1.807, 2.05) is 41.9 Å². The van der Waals surface area contributed by atoms with E-state index in [-0.39, 0.29) is 35.2 Å². The van der Waals surface area contributed by atoms with Crippen LogP contribution in [0.2, 0.25) is 0 Å². The predicted molar refractivity (Wildman–Crippen MR) is 129 cm³/mol. The molecule has 0 unspecified atom stereocenters. The van der Waals surface area contributed by atoms with Crippen molar-refractivity contribution in [3.63, 3.8) is 0 Å². The van der Waals surface area contributed by atoms with E-state index in [4.69, 9.17) is 0 Å². The Bertz CT molecular complexity index is 1260. The molecule has 1 saturated heterocycles. The molecule has 0 bridgehead atoms. The number of aromatic nitrogens is 3. The maximum absolute atomic E-state index is 13.8. The number of imide groups is 1. The molecule has 1 aliphatic heterocycles. The lowest BCUT2D eigenvalue weighted by atomic mass is 10.2. The van der Waals surface area contributed by atoms with E-state index in [0.29, 0.717) is 11.0 Å². The second-order valence-electron chi connectivity index (χ2n) is 7.22. The Morgan fingerprint density at radius 3 is 2.62 bits per heavy atom. The highest BCUT2D eigenvalue weighted by atomic mass is 32.2. The molecule has 1 fully saturated rings. The molecular formula is C23H20FN5O3S2. The lowest BCUT2D eigenvalue weighted by Gasteiger charge is -2.12. The number of carbonyl (C=O) groups is 3. The van der Waals surface area contributed by atoms with E-state index in [1.54, 1.807) is 12.1 Å². The monoisotopic (exact) mass is 497 g/mol. The third-order valence-corrected chi connectivity index (χ3v) is 6.85. The third kappa shape index (κ3) is 5.37. The van der Waals surface area contributed by atoms with Crippen LogP contribution in [0.4, 0.5) is 9.18 Å². The molecule has 3 aromatic rings. The van der Waals surface area contributed by atoms with E-state index in [0.717, 1.165) is 22.2 Å². The number of nitrogens with zero attached hydrogens (tertiary/aromatic N) is 4. The van der Waals surface area contributed by atoms with Gasteiger partial charge >= 0.3 is 0 Å². The molecule has 0 radical (unpaired) electrons. The van der Waals surface area contributed by atoms with Gasteiger partial charge in [-0.05, 0) is 23.9 Å². The number of hydrogen-bond donors (Lipinski definition) is 1. The Balaban J connectivity index is 1.27. The summed E-state index contributed by atoms with van der Waals surface area (Å²) in [7, 11) is 1.83. The standard InChI is InChI=1S/C23H20FN5O3S2/c1-28-20(15-7-3-2-4-8-15)26-27-22(28)33-14-19(30)25-11-12-29-21(31)18(34-23(29)32)13-16-9-5-6-10-17(16)24/h2-10,13H,11-12,14H2,1H3,(H,25,30)/b18-13+. The molecular weight excluding hydrogens is 477 g/mol. The zero-order valence-electron chi connectivity index (χ0n) is 18.1. The van der Waals surface area contributed by atoms with Gasteiger partial charge < -0.3 is 9.88 Å². The molecule has 2 aromatic carbocycles. The van der Waals surface area contributed by atoms with Crippen molar-refractivity contribution in [3.05, 3.63) is 70.9 Å². The Labute approximate surface area is 203 Å². The predicted octanol–water partition coefficient (Wildman–Crippen LogP) is 3.57. The molecule has 1 aliphatic rings. The number of carbonyl (C=O) groups excluding carboxylic acids is 3. The highest BCUT2D eigenvalue weighted by Crippen LogP contribution is 2.32. The zero-order valence-corrected chi connectivity index (χ0v) is 19.7. The van der Waals surface area contributed by atoms with Crippen LogP contribution in [-0.4, -0.2) is 55.6 Å². The number of benzene rings is 2. The Hall–Kier alpha value is -3.44. The van der Waals surface area contributed by atoms with Crippen LogP contribution in [0.1, 0.15) is 5.56 Å². The van der Waals surface area contributed by atoms with Crippen LogP contribution in [0.15, 0.2) is 64.7 Å². The first kappa shape index (κ1) is 23.7. The summed E-state index contributed by atoms with van der Waals surface area (Å²) in [4.78, 5) is 38.2. The van der Waals surface area contributed by atoms with Crippen LogP contribution in [0.3, 0.4) is 0 Å². The van der Waals surface area contributed by atoms with E-state index in [1.165, 1.54) is 30.0 Å². The SMILES string of the molecule is Cn1c(SCC(=O)NCCN2C(=O)S/C(=C/c3ccccc3F)C2=O)nnc1-c1ccccc1. The highest BCUT2D eigenvalue weighted by molar-refractivity contribution is 8.18. The van der Waals surface area contributed by atoms with Crippen molar-refractivity contribution in [3.8, 4) is 11.4 Å². The van der Waals surface area contributed by atoms with Gasteiger partial charge in [-0.1, -0.05) is 60.3 Å². The fourth-order valence-corrected chi connectivity index (χ4v) is 4.79. The average molecular weight is 498 g/mol. The minimum atomic E-state index is -0.505. The van der Waals surface area contributed by atoms with Gasteiger partial charge in [0.15, 0.2) is 11.0 Å². The van der Waals surface area contributed by atoms with Crippen LogP contribution in [0, 0.1) is 5.82 Å². The first-order valence-electron chi connectivity index (χ1n) is 10.3. The molecule has 4 rings (SSSR count). The van der Waals surface area contributed by atoms with Gasteiger partial charge in [0.05, 0.1) is 10.7 Å². The number of rotatable bonds is 8. The molecule has 1 N–H and O–H groups in total. The normalized spacial score (nSPS) is 14.8. The number of halogens is 1. The quantitative estimate of drug-likeness (QED) is 0.375. The van der Waals surface area contributed by atoms with E-state index < -0.39 is 17.0 Å². The molecule has 8 nitrogen and oxygen atoms in total. The van der Waals surface area contributed by atoms with Crippen LogP contribution in [-0.2, 0) is 16.6 Å². The van der Waals surface area contributed by atoms with Crippen molar-refractivity contribution < 1.29 is 18.8 Å². The van der Waals surface area contributed by atoms with Gasteiger partial charge in [0.1, 0.15) is 5.82 Å². The molecule has 174 valence electrons. The largest absolute Gasteiger partial charge is 0.354 e. The fraction of sp³-hybridized carbons (Fsp3) is 0.174. The van der Waals surface area contributed by atoms with Crippen molar-refractivity contribution in [2.24, 2.45) is 7.05 Å². The van der Waals surface area contributed by atoms with E-state index in [9.17, 15) is 18.8 Å². The number of amides is 3. The van der Waals surface area contributed by atoms with Crippen molar-refractivity contribution in [1.29, 1.82) is 0 Å². The molecule has 2 heterocycles. The number of thioether (sulfide) groups is 2. The Morgan fingerprint density at radius 2 is 1.85 bits per heavy atom. The van der Waals surface area contributed by atoms with Crippen molar-refractivity contribution in [2.45, 2.75) is 5.16 Å². The van der Waals surface area contributed by atoms with Crippen LogP contribution < -0.4 is 5.32 Å². The van der Waals surface area contributed by atoms with E-state index >= 15 is 0 Å². The summed E-state index contributed by atoms with van der Waals surface area (Å²) < 4.78 is 15.7. The van der Waals surface area contributed by atoms with Gasteiger partial charge in [-0.15, -0.1) is 10.2 Å². The van der Waals surface area contributed by atoms with Gasteiger partial charge in [0.2, 0.25) is 5.91 Å². The van der Waals surface area contributed by atoms with Crippen molar-refractivity contribution in [1.82, 2.24) is 25.0 Å². The average Bonchev–Trinajstić information content (AvgIpc) is 3.33. The molecule has 3 amide bonds. The van der Waals surface area contributed by atoms with Gasteiger partial charge in [0, 0.05) is 31.3 Å². The Kier molecular flexibility index (Phi) is 7.43. The molecule has 1 aromatic heterocycles. The topological polar surface area (TPSA) is 97.2 Å². The summed E-state index contributed by atoms with van der Waals surface area (Å²) in [5.41, 5.74) is 1.16. The second kappa shape index (κ2) is 10.7. The van der Waals surface area contributed by atoms with Crippen LogP contribution >= 0.6 is 23.5 Å². The van der Waals surface area contributed by atoms with Crippen molar-refractivity contribution >= 4 is 46.7 Å². The molecule has 34 heavy (non-hydrogen) atoms. The summed E-state index contributed by atoms with van der Waals surface area (Å²) >= 11 is 1.99. The van der Waals surface area contributed by atoms with Gasteiger partial charge in [-0.2, -0.15) is 0 Å². The smallest absolute Gasteiger partial charge is 0.293 e. The molecule has 0 aliphatic carbocycles.